The molecule has 102 valence electrons. The Morgan fingerprint density at radius 1 is 1.32 bits per heavy atom. The molecule has 0 aliphatic rings. The van der Waals surface area contributed by atoms with Gasteiger partial charge in [-0.3, -0.25) is 19.2 Å². The maximum atomic E-state index is 10.7. The van der Waals surface area contributed by atoms with Crippen LogP contribution in [0.3, 0.4) is 0 Å². The van der Waals surface area contributed by atoms with E-state index in [1.165, 1.54) is 6.07 Å². The number of hydrogen-bond donors (Lipinski definition) is 2. The molecule has 19 heavy (non-hydrogen) atoms. The minimum atomic E-state index is -4.67. The molecule has 2 aromatic rings. The van der Waals surface area contributed by atoms with Gasteiger partial charge in [-0.1, -0.05) is 12.1 Å². The van der Waals surface area contributed by atoms with E-state index >= 15 is 0 Å². The Kier molecular flexibility index (Phi) is 4.48. The maximum absolute atomic E-state index is 10.7. The van der Waals surface area contributed by atoms with Crippen LogP contribution in [0.15, 0.2) is 30.5 Å². The lowest BCUT2D eigenvalue weighted by Gasteiger charge is -1.98. The zero-order valence-corrected chi connectivity index (χ0v) is 10.5. The molecule has 0 fully saturated rings. The van der Waals surface area contributed by atoms with Crippen molar-refractivity contribution in [3.05, 3.63) is 46.1 Å². The number of nitrogens with zero attached hydrogens (tertiary/aromatic N) is 2. The first-order valence-corrected chi connectivity index (χ1v) is 6.28. The molecule has 0 unspecified atom stereocenters. The Morgan fingerprint density at radius 2 is 1.89 bits per heavy atom. The summed E-state index contributed by atoms with van der Waals surface area (Å²) in [6.45, 7) is 1.91. The third kappa shape index (κ3) is 4.95. The fourth-order valence-corrected chi connectivity index (χ4v) is 1.40. The summed E-state index contributed by atoms with van der Waals surface area (Å²) in [5, 5.41) is 11.5. The lowest BCUT2D eigenvalue weighted by Crippen LogP contribution is -1.91. The van der Waals surface area contributed by atoms with Crippen molar-refractivity contribution in [2.45, 2.75) is 6.92 Å². The summed E-state index contributed by atoms with van der Waals surface area (Å²) in [6, 6.07) is 6.84. The van der Waals surface area contributed by atoms with E-state index in [0.29, 0.717) is 5.52 Å². The smallest absolute Gasteiger partial charge is 0.264 e. The van der Waals surface area contributed by atoms with Crippen molar-refractivity contribution in [1.82, 2.24) is 4.98 Å². The van der Waals surface area contributed by atoms with Crippen molar-refractivity contribution in [1.29, 1.82) is 0 Å². The average Bonchev–Trinajstić information content (AvgIpc) is 2.25. The molecule has 9 heteroatoms. The molecule has 0 bridgehead atoms. The van der Waals surface area contributed by atoms with Crippen LogP contribution in [-0.4, -0.2) is 27.4 Å². The second-order valence-electron chi connectivity index (χ2n) is 3.57. The van der Waals surface area contributed by atoms with Gasteiger partial charge in [-0.15, -0.1) is 0 Å². The highest BCUT2D eigenvalue weighted by molar-refractivity contribution is 7.79. The summed E-state index contributed by atoms with van der Waals surface area (Å²) < 4.78 is 31.6. The third-order valence-electron chi connectivity index (χ3n) is 2.02. The van der Waals surface area contributed by atoms with Crippen LogP contribution >= 0.6 is 0 Å². The SMILES string of the molecule is Cc1cnc2c([N+](=O)[O-])cccc2c1.O=S(=O)(O)O. The summed E-state index contributed by atoms with van der Waals surface area (Å²) in [7, 11) is -4.67. The number of aromatic nitrogens is 1. The van der Waals surface area contributed by atoms with Crippen molar-refractivity contribution in [2.24, 2.45) is 0 Å². The van der Waals surface area contributed by atoms with Crippen molar-refractivity contribution in [3.63, 3.8) is 0 Å². The van der Waals surface area contributed by atoms with Crippen LogP contribution in [0.25, 0.3) is 10.9 Å². The van der Waals surface area contributed by atoms with E-state index in [1.54, 1.807) is 12.3 Å². The van der Waals surface area contributed by atoms with E-state index < -0.39 is 15.3 Å². The zero-order valence-electron chi connectivity index (χ0n) is 9.72. The van der Waals surface area contributed by atoms with Gasteiger partial charge in [0.2, 0.25) is 0 Å². The van der Waals surface area contributed by atoms with Gasteiger partial charge in [0.05, 0.1) is 4.92 Å². The monoisotopic (exact) mass is 286 g/mol. The molecule has 8 nitrogen and oxygen atoms in total. The Bertz CT molecular complexity index is 705. The third-order valence-corrected chi connectivity index (χ3v) is 2.02. The van der Waals surface area contributed by atoms with Crippen molar-refractivity contribution < 1.29 is 22.4 Å². The highest BCUT2D eigenvalue weighted by Crippen LogP contribution is 2.23. The van der Waals surface area contributed by atoms with Crippen LogP contribution in [-0.2, 0) is 10.4 Å². The fraction of sp³-hybridized carbons (Fsp3) is 0.100. The van der Waals surface area contributed by atoms with E-state index in [1.807, 2.05) is 19.1 Å². The summed E-state index contributed by atoms with van der Waals surface area (Å²) in [5.41, 5.74) is 1.50. The van der Waals surface area contributed by atoms with Crippen LogP contribution in [0.4, 0.5) is 5.69 Å². The highest BCUT2D eigenvalue weighted by Gasteiger charge is 2.11. The molecule has 0 atom stereocenters. The van der Waals surface area contributed by atoms with E-state index in [0.717, 1.165) is 10.9 Å². The van der Waals surface area contributed by atoms with E-state index in [-0.39, 0.29) is 5.69 Å². The molecule has 0 saturated heterocycles. The topological polar surface area (TPSA) is 131 Å². The summed E-state index contributed by atoms with van der Waals surface area (Å²) >= 11 is 0. The van der Waals surface area contributed by atoms with Gasteiger partial charge in [0.15, 0.2) is 0 Å². The average molecular weight is 286 g/mol. The predicted molar refractivity (Wildman–Crippen MR) is 67.3 cm³/mol. The lowest BCUT2D eigenvalue weighted by atomic mass is 10.1. The molecule has 0 spiro atoms. The van der Waals surface area contributed by atoms with Crippen molar-refractivity contribution >= 4 is 27.0 Å². The summed E-state index contributed by atoms with van der Waals surface area (Å²) in [5.74, 6) is 0. The second kappa shape index (κ2) is 5.69. The molecule has 0 aliphatic carbocycles. The van der Waals surface area contributed by atoms with Gasteiger partial charge in [-0.05, 0) is 18.6 Å². The first kappa shape index (κ1) is 15.0. The van der Waals surface area contributed by atoms with Gasteiger partial charge >= 0.3 is 10.4 Å². The normalized spacial score (nSPS) is 10.7. The number of non-ortho nitro benzene ring substituents is 1. The van der Waals surface area contributed by atoms with Crippen LogP contribution in [0, 0.1) is 17.0 Å². The number of rotatable bonds is 1. The Morgan fingerprint density at radius 3 is 2.42 bits per heavy atom. The Labute approximate surface area is 108 Å². The second-order valence-corrected chi connectivity index (χ2v) is 4.46. The van der Waals surface area contributed by atoms with Gasteiger partial charge < -0.3 is 0 Å². The number of hydrogen-bond acceptors (Lipinski definition) is 5. The molecule has 1 aromatic carbocycles. The number of benzene rings is 1. The van der Waals surface area contributed by atoms with Crippen LogP contribution in [0.1, 0.15) is 5.56 Å². The van der Waals surface area contributed by atoms with E-state index in [9.17, 15) is 10.1 Å². The van der Waals surface area contributed by atoms with Gasteiger partial charge in [0, 0.05) is 17.6 Å². The number of nitro benzene ring substituents is 1. The predicted octanol–water partition coefficient (Wildman–Crippen LogP) is 1.80. The molecular weight excluding hydrogens is 276 g/mol. The van der Waals surface area contributed by atoms with E-state index in [4.69, 9.17) is 17.5 Å². The first-order valence-electron chi connectivity index (χ1n) is 4.88. The molecule has 1 heterocycles. The van der Waals surface area contributed by atoms with Gasteiger partial charge in [0.25, 0.3) is 5.69 Å². The van der Waals surface area contributed by atoms with E-state index in [2.05, 4.69) is 4.98 Å². The summed E-state index contributed by atoms with van der Waals surface area (Å²) in [4.78, 5) is 14.3. The number of aryl methyl sites for hydroxylation is 1. The zero-order chi connectivity index (χ0) is 14.6. The standard InChI is InChI=1S/C10H8N2O2.H2O4S/c1-7-5-8-3-2-4-9(12(13)14)10(8)11-6-7;1-5(2,3)4/h2-6H,1H3;(H2,1,2,3,4). The largest absolute Gasteiger partial charge is 0.394 e. The first-order chi connectivity index (χ1) is 8.68. The molecule has 1 aromatic heterocycles. The molecule has 2 rings (SSSR count). The number of para-hydroxylation sites is 1. The van der Waals surface area contributed by atoms with Crippen LogP contribution in [0.5, 0.6) is 0 Å². The minimum Gasteiger partial charge on any atom is -0.264 e. The van der Waals surface area contributed by atoms with Crippen molar-refractivity contribution in [2.75, 3.05) is 0 Å². The number of pyridine rings is 1. The quantitative estimate of drug-likeness (QED) is 0.464. The Balaban J connectivity index is 0.000000312. The molecule has 0 saturated carbocycles. The minimum absolute atomic E-state index is 0.0579. The molecule has 0 radical (unpaired) electrons. The lowest BCUT2D eigenvalue weighted by molar-refractivity contribution is -0.383. The number of nitro groups is 1. The van der Waals surface area contributed by atoms with Gasteiger partial charge in [-0.25, -0.2) is 4.98 Å². The summed E-state index contributed by atoms with van der Waals surface area (Å²) in [6.07, 6.45) is 1.63. The van der Waals surface area contributed by atoms with Gasteiger partial charge in [-0.2, -0.15) is 8.42 Å². The molecule has 2 N–H and O–H groups in total. The van der Waals surface area contributed by atoms with Gasteiger partial charge in [0.1, 0.15) is 5.52 Å². The molecular formula is C10H10N2O6S. The molecule has 0 amide bonds. The van der Waals surface area contributed by atoms with Crippen LogP contribution < -0.4 is 0 Å². The molecule has 0 aliphatic heterocycles. The highest BCUT2D eigenvalue weighted by atomic mass is 32.3. The van der Waals surface area contributed by atoms with Crippen LogP contribution in [0.2, 0.25) is 0 Å². The Hall–Kier alpha value is -2.10. The number of fused-ring (bicyclic) bond motifs is 1. The fourth-order valence-electron chi connectivity index (χ4n) is 1.40. The maximum Gasteiger partial charge on any atom is 0.394 e. The van der Waals surface area contributed by atoms with Crippen molar-refractivity contribution in [3.8, 4) is 0 Å².